The summed E-state index contributed by atoms with van der Waals surface area (Å²) in [5.41, 5.74) is 0.848. The van der Waals surface area contributed by atoms with Gasteiger partial charge in [0.05, 0.1) is 5.02 Å². The molecule has 0 aliphatic heterocycles. The lowest BCUT2D eigenvalue weighted by Crippen LogP contribution is -2.34. The van der Waals surface area contributed by atoms with Gasteiger partial charge in [-0.3, -0.25) is 0 Å². The van der Waals surface area contributed by atoms with E-state index < -0.39 is 0 Å². The molecule has 1 atom stereocenters. The van der Waals surface area contributed by atoms with Gasteiger partial charge in [-0.2, -0.15) is 0 Å². The van der Waals surface area contributed by atoms with Crippen LogP contribution in [-0.4, -0.2) is 13.1 Å². The van der Waals surface area contributed by atoms with E-state index in [1.165, 1.54) is 0 Å². The highest BCUT2D eigenvalue weighted by atomic mass is 35.5. The van der Waals surface area contributed by atoms with Crippen LogP contribution in [0.5, 0.6) is 0 Å². The molecule has 0 fully saturated rings. The Bertz CT molecular complexity index is 398. The van der Waals surface area contributed by atoms with Crippen LogP contribution in [0, 0.1) is 17.2 Å². The molecule has 0 aliphatic carbocycles. The van der Waals surface area contributed by atoms with Crippen LogP contribution in [0.15, 0.2) is 18.2 Å². The Hall–Kier alpha value is -0.600. The zero-order valence-corrected chi connectivity index (χ0v) is 13.1. The van der Waals surface area contributed by atoms with Crippen LogP contribution in [-0.2, 0) is 6.42 Å². The fourth-order valence-electron chi connectivity index (χ4n) is 2.11. The fourth-order valence-corrected chi connectivity index (χ4v) is 2.30. The van der Waals surface area contributed by atoms with E-state index in [9.17, 15) is 4.39 Å². The molecule has 1 aromatic carbocycles. The van der Waals surface area contributed by atoms with Crippen LogP contribution in [0.3, 0.4) is 0 Å². The van der Waals surface area contributed by atoms with Crippen molar-refractivity contribution in [2.45, 2.75) is 40.5 Å². The van der Waals surface area contributed by atoms with Crippen molar-refractivity contribution < 1.29 is 4.39 Å². The third-order valence-corrected chi connectivity index (χ3v) is 3.83. The molecule has 1 unspecified atom stereocenters. The Morgan fingerprint density at radius 1 is 1.32 bits per heavy atom. The van der Waals surface area contributed by atoms with Gasteiger partial charge in [-0.05, 0) is 48.9 Å². The molecule has 0 aliphatic rings. The minimum absolute atomic E-state index is 0.134. The smallest absolute Gasteiger partial charge is 0.144 e. The van der Waals surface area contributed by atoms with Crippen molar-refractivity contribution in [3.63, 3.8) is 0 Å². The van der Waals surface area contributed by atoms with Crippen LogP contribution >= 0.6 is 11.6 Å². The van der Waals surface area contributed by atoms with E-state index in [1.807, 2.05) is 12.1 Å². The van der Waals surface area contributed by atoms with Gasteiger partial charge in [-0.25, -0.2) is 4.39 Å². The van der Waals surface area contributed by atoms with Crippen LogP contribution in [0.2, 0.25) is 5.02 Å². The second kappa shape index (κ2) is 7.25. The molecule has 19 heavy (non-hydrogen) atoms. The quantitative estimate of drug-likeness (QED) is 0.748. The Morgan fingerprint density at radius 3 is 2.58 bits per heavy atom. The van der Waals surface area contributed by atoms with Crippen LogP contribution in [0.1, 0.15) is 39.7 Å². The first-order valence-electron chi connectivity index (χ1n) is 6.99. The van der Waals surface area contributed by atoms with Gasteiger partial charge in [0.2, 0.25) is 0 Å². The second-order valence-electron chi connectivity index (χ2n) is 6.18. The number of rotatable bonds is 6. The van der Waals surface area contributed by atoms with E-state index in [-0.39, 0.29) is 16.3 Å². The minimum atomic E-state index is -0.270. The van der Waals surface area contributed by atoms with E-state index in [0.717, 1.165) is 19.5 Å². The Morgan fingerprint density at radius 2 is 2.00 bits per heavy atom. The predicted octanol–water partition coefficient (Wildman–Crippen LogP) is 4.68. The Labute approximate surface area is 121 Å². The average Bonchev–Trinajstić information content (AvgIpc) is 2.32. The summed E-state index contributed by atoms with van der Waals surface area (Å²) in [6.07, 6.45) is 1.83. The highest BCUT2D eigenvalue weighted by molar-refractivity contribution is 6.30. The SMILES string of the molecule is CCCNCC(Cc1cccc(Cl)c1F)C(C)(C)C. The second-order valence-corrected chi connectivity index (χ2v) is 6.59. The molecule has 0 heterocycles. The molecule has 0 spiro atoms. The zero-order valence-electron chi connectivity index (χ0n) is 12.4. The molecule has 0 saturated carbocycles. The molecule has 1 nitrogen and oxygen atoms in total. The maximum Gasteiger partial charge on any atom is 0.144 e. The van der Waals surface area contributed by atoms with Gasteiger partial charge in [-0.15, -0.1) is 0 Å². The summed E-state index contributed by atoms with van der Waals surface area (Å²) >= 11 is 5.85. The van der Waals surface area contributed by atoms with Crippen molar-refractivity contribution >= 4 is 11.6 Å². The molecule has 1 N–H and O–H groups in total. The van der Waals surface area contributed by atoms with Crippen molar-refractivity contribution in [3.8, 4) is 0 Å². The first-order chi connectivity index (χ1) is 8.86. The van der Waals surface area contributed by atoms with Gasteiger partial charge in [0.25, 0.3) is 0 Å². The molecule has 0 saturated heterocycles. The average molecular weight is 286 g/mol. The zero-order chi connectivity index (χ0) is 14.5. The summed E-state index contributed by atoms with van der Waals surface area (Å²) in [6, 6.07) is 5.25. The van der Waals surface area contributed by atoms with Crippen molar-refractivity contribution in [3.05, 3.63) is 34.6 Å². The fraction of sp³-hybridized carbons (Fsp3) is 0.625. The number of hydrogen-bond acceptors (Lipinski definition) is 1. The highest BCUT2D eigenvalue weighted by Crippen LogP contribution is 2.30. The maximum atomic E-state index is 14.0. The molecule has 0 amide bonds. The molecule has 0 aromatic heterocycles. The molecule has 3 heteroatoms. The summed E-state index contributed by atoms with van der Waals surface area (Å²) in [4.78, 5) is 0. The monoisotopic (exact) mass is 285 g/mol. The topological polar surface area (TPSA) is 12.0 Å². The van der Waals surface area contributed by atoms with E-state index in [0.29, 0.717) is 17.9 Å². The van der Waals surface area contributed by atoms with Crippen molar-refractivity contribution in [1.82, 2.24) is 5.32 Å². The molecule has 0 bridgehead atoms. The summed E-state index contributed by atoms with van der Waals surface area (Å²) < 4.78 is 14.0. The Balaban J connectivity index is 2.79. The number of nitrogens with one attached hydrogen (secondary N) is 1. The molecular formula is C16H25ClFN. The van der Waals surface area contributed by atoms with Crippen molar-refractivity contribution in [1.29, 1.82) is 0 Å². The van der Waals surface area contributed by atoms with Gasteiger partial charge < -0.3 is 5.32 Å². The molecule has 108 valence electrons. The van der Waals surface area contributed by atoms with Crippen molar-refractivity contribution in [2.24, 2.45) is 11.3 Å². The van der Waals surface area contributed by atoms with Gasteiger partial charge in [0.15, 0.2) is 0 Å². The third-order valence-electron chi connectivity index (χ3n) is 3.54. The Kier molecular flexibility index (Phi) is 6.28. The van der Waals surface area contributed by atoms with Gasteiger partial charge in [-0.1, -0.05) is 51.4 Å². The lowest BCUT2D eigenvalue weighted by atomic mass is 9.77. The molecular weight excluding hydrogens is 261 g/mol. The largest absolute Gasteiger partial charge is 0.316 e. The van der Waals surface area contributed by atoms with E-state index >= 15 is 0 Å². The van der Waals surface area contributed by atoms with Crippen LogP contribution in [0.4, 0.5) is 4.39 Å². The highest BCUT2D eigenvalue weighted by Gasteiger charge is 2.25. The molecule has 1 rings (SSSR count). The number of halogens is 2. The van der Waals surface area contributed by atoms with Crippen LogP contribution in [0.25, 0.3) is 0 Å². The molecule has 1 aromatic rings. The standard InChI is InChI=1S/C16H25ClFN/c1-5-9-19-11-13(16(2,3)4)10-12-7-6-8-14(17)15(12)18/h6-8,13,19H,5,9-11H2,1-4H3. The number of hydrogen-bond donors (Lipinski definition) is 1. The summed E-state index contributed by atoms with van der Waals surface area (Å²) in [5, 5.41) is 3.66. The summed E-state index contributed by atoms with van der Waals surface area (Å²) in [5.74, 6) is 0.112. The molecule has 0 radical (unpaired) electrons. The number of benzene rings is 1. The summed E-state index contributed by atoms with van der Waals surface area (Å²) in [6.45, 7) is 10.7. The lowest BCUT2D eigenvalue weighted by molar-refractivity contribution is 0.229. The van der Waals surface area contributed by atoms with E-state index in [2.05, 4.69) is 33.0 Å². The summed E-state index contributed by atoms with van der Waals surface area (Å²) in [7, 11) is 0. The maximum absolute atomic E-state index is 14.0. The van der Waals surface area contributed by atoms with E-state index in [4.69, 9.17) is 11.6 Å². The lowest BCUT2D eigenvalue weighted by Gasteiger charge is -2.31. The van der Waals surface area contributed by atoms with Crippen LogP contribution < -0.4 is 5.32 Å². The van der Waals surface area contributed by atoms with E-state index in [1.54, 1.807) is 6.07 Å². The van der Waals surface area contributed by atoms with Crippen molar-refractivity contribution in [2.75, 3.05) is 13.1 Å². The van der Waals surface area contributed by atoms with Gasteiger partial charge in [0.1, 0.15) is 5.82 Å². The third kappa shape index (κ3) is 5.12. The predicted molar refractivity (Wildman–Crippen MR) is 81.2 cm³/mol. The minimum Gasteiger partial charge on any atom is -0.316 e. The first-order valence-corrected chi connectivity index (χ1v) is 7.37. The van der Waals surface area contributed by atoms with Gasteiger partial charge in [0, 0.05) is 0 Å². The first kappa shape index (κ1) is 16.5. The van der Waals surface area contributed by atoms with Gasteiger partial charge >= 0.3 is 0 Å². The normalized spacial score (nSPS) is 13.6.